The van der Waals surface area contributed by atoms with Gasteiger partial charge in [-0.25, -0.2) is 9.78 Å². The second-order valence-corrected chi connectivity index (χ2v) is 4.53. The number of H-pyrrole nitrogens is 1. The van der Waals surface area contributed by atoms with Gasteiger partial charge in [-0.15, -0.1) is 11.7 Å². The number of aromatic amines is 1. The Hall–Kier alpha value is -2.97. The van der Waals surface area contributed by atoms with E-state index in [0.717, 1.165) is 4.57 Å². The number of nitrogens with one attached hydrogen (secondary N) is 1. The molecule has 3 aromatic rings. The molecule has 1 N–H and O–H groups in total. The van der Waals surface area contributed by atoms with Gasteiger partial charge in [0.05, 0.1) is 0 Å². The minimum Gasteiger partial charge on any atom is -0.333 e. The molecule has 0 radical (unpaired) electrons. The summed E-state index contributed by atoms with van der Waals surface area (Å²) in [5.74, 6) is 0.616. The molecule has 0 spiro atoms. The molecule has 3 rings (SSSR count). The largest absolute Gasteiger partial charge is 0.333 e. The highest BCUT2D eigenvalue weighted by Crippen LogP contribution is 2.21. The van der Waals surface area contributed by atoms with Crippen molar-refractivity contribution in [2.75, 3.05) is 0 Å². The van der Waals surface area contributed by atoms with Crippen LogP contribution in [0.25, 0.3) is 22.7 Å². The monoisotopic (exact) mass is 288 g/mol. The highest BCUT2D eigenvalue weighted by Gasteiger charge is 2.19. The van der Waals surface area contributed by atoms with Crippen molar-refractivity contribution < 1.29 is 4.52 Å². The normalized spacial score (nSPS) is 11.1. The van der Waals surface area contributed by atoms with E-state index >= 15 is 0 Å². The summed E-state index contributed by atoms with van der Waals surface area (Å²) in [6.45, 7) is 3.63. The molecule has 0 fully saturated rings. The molecule has 0 aliphatic heterocycles. The Labute approximate surface area is 117 Å². The second-order valence-electron chi connectivity index (χ2n) is 4.53. The molecule has 21 heavy (non-hydrogen) atoms. The van der Waals surface area contributed by atoms with Crippen molar-refractivity contribution in [2.24, 2.45) is 14.1 Å². The number of aromatic nitrogens is 6. The van der Waals surface area contributed by atoms with Gasteiger partial charge in [-0.3, -0.25) is 13.9 Å². The molecular weight excluding hydrogens is 276 g/mol. The van der Waals surface area contributed by atoms with Gasteiger partial charge < -0.3 is 9.51 Å². The topological polar surface area (TPSA) is 112 Å². The van der Waals surface area contributed by atoms with Gasteiger partial charge in [-0.05, 0) is 0 Å². The molecule has 0 atom stereocenters. The number of hydrogen-bond donors (Lipinski definition) is 1. The van der Waals surface area contributed by atoms with Gasteiger partial charge in [0.2, 0.25) is 5.76 Å². The fraction of sp³-hybridized carbons (Fsp3) is 0.250. The molecule has 9 nitrogen and oxygen atoms in total. The van der Waals surface area contributed by atoms with Crippen molar-refractivity contribution in [2.45, 2.75) is 6.42 Å². The van der Waals surface area contributed by atoms with E-state index in [2.05, 4.69) is 26.9 Å². The molecule has 108 valence electrons. The fourth-order valence-electron chi connectivity index (χ4n) is 2.09. The summed E-state index contributed by atoms with van der Waals surface area (Å²) in [7, 11) is 2.95. The van der Waals surface area contributed by atoms with Crippen LogP contribution in [0.4, 0.5) is 0 Å². The van der Waals surface area contributed by atoms with E-state index in [9.17, 15) is 9.59 Å². The van der Waals surface area contributed by atoms with Gasteiger partial charge >= 0.3 is 5.69 Å². The van der Waals surface area contributed by atoms with Crippen LogP contribution in [-0.2, 0) is 20.5 Å². The van der Waals surface area contributed by atoms with Gasteiger partial charge in [0.1, 0.15) is 11.2 Å². The van der Waals surface area contributed by atoms with E-state index in [1.165, 1.54) is 18.7 Å². The number of allylic oxidation sites excluding steroid dienone is 1. The van der Waals surface area contributed by atoms with Crippen LogP contribution < -0.4 is 11.2 Å². The van der Waals surface area contributed by atoms with E-state index < -0.39 is 11.2 Å². The van der Waals surface area contributed by atoms with E-state index in [1.54, 1.807) is 6.08 Å². The molecule has 3 heterocycles. The first-order valence-electron chi connectivity index (χ1n) is 6.12. The van der Waals surface area contributed by atoms with E-state index in [4.69, 9.17) is 4.52 Å². The lowest BCUT2D eigenvalue weighted by atomic mass is 10.2. The van der Waals surface area contributed by atoms with Crippen LogP contribution in [0, 0.1) is 0 Å². The number of nitrogens with zero attached hydrogens (tertiary/aromatic N) is 5. The second kappa shape index (κ2) is 4.54. The van der Waals surface area contributed by atoms with Crippen LogP contribution >= 0.6 is 0 Å². The molecule has 0 amide bonds. The van der Waals surface area contributed by atoms with Gasteiger partial charge in [-0.2, -0.15) is 0 Å². The van der Waals surface area contributed by atoms with E-state index in [1.807, 2.05) is 0 Å². The SMILES string of the molecule is C=CCc1nnoc1-c1nc2c([nH]1)c(=O)n(C)c(=O)n2C. The quantitative estimate of drug-likeness (QED) is 0.664. The third-order valence-electron chi connectivity index (χ3n) is 3.20. The lowest BCUT2D eigenvalue weighted by Gasteiger charge is -2.00. The van der Waals surface area contributed by atoms with Crippen molar-refractivity contribution in [1.82, 2.24) is 29.5 Å². The summed E-state index contributed by atoms with van der Waals surface area (Å²) >= 11 is 0. The summed E-state index contributed by atoms with van der Waals surface area (Å²) in [6, 6.07) is 0. The standard InChI is InChI=1S/C12H12N6O3/c1-4-5-6-8(21-16-15-6)9-13-7-10(14-9)17(2)12(20)18(3)11(7)19/h4H,1,5H2,2-3H3,(H,13,14). The van der Waals surface area contributed by atoms with Crippen molar-refractivity contribution in [3.8, 4) is 11.6 Å². The summed E-state index contributed by atoms with van der Waals surface area (Å²) in [4.78, 5) is 31.1. The highest BCUT2D eigenvalue weighted by atomic mass is 16.5. The molecule has 0 bridgehead atoms. The Kier molecular flexibility index (Phi) is 2.82. The van der Waals surface area contributed by atoms with Gasteiger partial charge in [0.25, 0.3) is 5.56 Å². The van der Waals surface area contributed by atoms with Gasteiger partial charge in [0.15, 0.2) is 11.5 Å². The van der Waals surface area contributed by atoms with E-state index in [-0.39, 0.29) is 11.2 Å². The van der Waals surface area contributed by atoms with E-state index in [0.29, 0.717) is 23.7 Å². The zero-order valence-corrected chi connectivity index (χ0v) is 11.5. The first kappa shape index (κ1) is 13.0. The Morgan fingerprint density at radius 3 is 2.81 bits per heavy atom. The molecule has 0 saturated carbocycles. The zero-order chi connectivity index (χ0) is 15.1. The Morgan fingerprint density at radius 2 is 2.10 bits per heavy atom. The third-order valence-corrected chi connectivity index (χ3v) is 3.20. The number of imidazole rings is 1. The summed E-state index contributed by atoms with van der Waals surface area (Å²) in [6.07, 6.45) is 2.10. The maximum Gasteiger partial charge on any atom is 0.332 e. The third kappa shape index (κ3) is 1.82. The van der Waals surface area contributed by atoms with Crippen LogP contribution in [0.5, 0.6) is 0 Å². The van der Waals surface area contributed by atoms with Crippen molar-refractivity contribution in [3.63, 3.8) is 0 Å². The number of fused-ring (bicyclic) bond motifs is 1. The van der Waals surface area contributed by atoms with Crippen LogP contribution in [0.1, 0.15) is 5.69 Å². The van der Waals surface area contributed by atoms with Crippen molar-refractivity contribution >= 4 is 11.2 Å². The molecule has 0 saturated heterocycles. The molecule has 3 aromatic heterocycles. The summed E-state index contributed by atoms with van der Waals surface area (Å²) in [5, 5.41) is 7.32. The van der Waals surface area contributed by atoms with Gasteiger partial charge in [0, 0.05) is 25.8 Å². The molecular formula is C12H12N6O3. The van der Waals surface area contributed by atoms with Crippen molar-refractivity contribution in [1.29, 1.82) is 0 Å². The highest BCUT2D eigenvalue weighted by molar-refractivity contribution is 5.74. The van der Waals surface area contributed by atoms with Crippen LogP contribution in [0.3, 0.4) is 0 Å². The Balaban J connectivity index is 2.32. The van der Waals surface area contributed by atoms with Crippen LogP contribution in [0.2, 0.25) is 0 Å². The summed E-state index contributed by atoms with van der Waals surface area (Å²) in [5.41, 5.74) is 0.109. The first-order chi connectivity index (χ1) is 10.0. The predicted octanol–water partition coefficient (Wildman–Crippen LogP) is -0.261. The number of aryl methyl sites for hydroxylation is 1. The number of hydrogen-bond acceptors (Lipinski definition) is 6. The minimum absolute atomic E-state index is 0.218. The lowest BCUT2D eigenvalue weighted by molar-refractivity contribution is 0.402. The zero-order valence-electron chi connectivity index (χ0n) is 11.5. The molecule has 0 aliphatic rings. The van der Waals surface area contributed by atoms with Crippen LogP contribution in [0.15, 0.2) is 26.8 Å². The minimum atomic E-state index is -0.454. The average molecular weight is 288 g/mol. The molecule has 0 aliphatic carbocycles. The predicted molar refractivity (Wildman–Crippen MR) is 73.8 cm³/mol. The maximum atomic E-state index is 12.1. The Bertz CT molecular complexity index is 958. The molecule has 0 aromatic carbocycles. The fourth-order valence-corrected chi connectivity index (χ4v) is 2.09. The van der Waals surface area contributed by atoms with Gasteiger partial charge in [-0.1, -0.05) is 6.08 Å². The Morgan fingerprint density at radius 1 is 1.33 bits per heavy atom. The maximum absolute atomic E-state index is 12.1. The number of rotatable bonds is 3. The lowest BCUT2D eigenvalue weighted by Crippen LogP contribution is -2.36. The molecule has 9 heteroatoms. The summed E-state index contributed by atoms with van der Waals surface area (Å²) < 4.78 is 7.37. The smallest absolute Gasteiger partial charge is 0.332 e. The van der Waals surface area contributed by atoms with Crippen molar-refractivity contribution in [3.05, 3.63) is 39.2 Å². The molecule has 0 unspecified atom stereocenters. The average Bonchev–Trinajstić information content (AvgIpc) is 3.09. The van der Waals surface area contributed by atoms with Crippen LogP contribution in [-0.4, -0.2) is 29.5 Å². The first-order valence-corrected chi connectivity index (χ1v) is 6.12.